The normalized spacial score (nSPS) is 10.7. The standard InChI is InChI=1S/C13H23N3O2/c1-10(2)9-18-13-8-12(15-11(3)16-13)14-6-5-7-17-4/h8,10H,5-7,9H2,1-4H3,(H,14,15,16). The average molecular weight is 253 g/mol. The minimum atomic E-state index is 0.485. The zero-order chi connectivity index (χ0) is 13.4. The van der Waals surface area contributed by atoms with Gasteiger partial charge in [-0.1, -0.05) is 13.8 Å². The molecule has 0 unspecified atom stereocenters. The van der Waals surface area contributed by atoms with Crippen LogP contribution in [0.15, 0.2) is 6.07 Å². The van der Waals surface area contributed by atoms with Crippen LogP contribution in [0.2, 0.25) is 0 Å². The summed E-state index contributed by atoms with van der Waals surface area (Å²) in [6.45, 7) is 8.32. The molecule has 1 N–H and O–H groups in total. The third-order valence-corrected chi connectivity index (χ3v) is 2.21. The molecule has 0 radical (unpaired) electrons. The monoisotopic (exact) mass is 253 g/mol. The molecule has 0 saturated carbocycles. The number of methoxy groups -OCH3 is 1. The van der Waals surface area contributed by atoms with E-state index in [9.17, 15) is 0 Å². The van der Waals surface area contributed by atoms with Crippen LogP contribution in [0.4, 0.5) is 5.82 Å². The molecule has 0 aliphatic carbocycles. The van der Waals surface area contributed by atoms with Gasteiger partial charge in [-0.05, 0) is 19.3 Å². The van der Waals surface area contributed by atoms with Crippen molar-refractivity contribution in [2.24, 2.45) is 5.92 Å². The Morgan fingerprint density at radius 2 is 2.11 bits per heavy atom. The first-order valence-electron chi connectivity index (χ1n) is 6.33. The number of ether oxygens (including phenoxy) is 2. The van der Waals surface area contributed by atoms with E-state index in [2.05, 4.69) is 29.1 Å². The first-order chi connectivity index (χ1) is 8.61. The third kappa shape index (κ3) is 5.82. The molecule has 5 nitrogen and oxygen atoms in total. The summed E-state index contributed by atoms with van der Waals surface area (Å²) in [5.41, 5.74) is 0. The van der Waals surface area contributed by atoms with E-state index in [0.717, 1.165) is 25.4 Å². The van der Waals surface area contributed by atoms with Crippen molar-refractivity contribution in [3.8, 4) is 5.88 Å². The van der Waals surface area contributed by atoms with Crippen LogP contribution in [0.3, 0.4) is 0 Å². The lowest BCUT2D eigenvalue weighted by molar-refractivity contribution is 0.197. The molecular weight excluding hydrogens is 230 g/mol. The minimum absolute atomic E-state index is 0.485. The zero-order valence-electron chi connectivity index (χ0n) is 11.7. The van der Waals surface area contributed by atoms with E-state index >= 15 is 0 Å². The summed E-state index contributed by atoms with van der Waals surface area (Å²) in [4.78, 5) is 8.57. The SMILES string of the molecule is COCCCNc1cc(OCC(C)C)nc(C)n1. The highest BCUT2D eigenvalue weighted by Gasteiger charge is 2.03. The molecule has 0 aliphatic rings. The fourth-order valence-electron chi connectivity index (χ4n) is 1.39. The van der Waals surface area contributed by atoms with Crippen molar-refractivity contribution in [2.75, 3.05) is 32.2 Å². The molecule has 0 fully saturated rings. The molecule has 0 saturated heterocycles. The van der Waals surface area contributed by atoms with E-state index in [1.807, 2.05) is 13.0 Å². The van der Waals surface area contributed by atoms with E-state index in [4.69, 9.17) is 9.47 Å². The smallest absolute Gasteiger partial charge is 0.218 e. The largest absolute Gasteiger partial charge is 0.477 e. The van der Waals surface area contributed by atoms with Gasteiger partial charge < -0.3 is 14.8 Å². The number of aromatic nitrogens is 2. The lowest BCUT2D eigenvalue weighted by atomic mass is 10.2. The van der Waals surface area contributed by atoms with Crippen LogP contribution in [0.25, 0.3) is 0 Å². The Morgan fingerprint density at radius 3 is 2.78 bits per heavy atom. The van der Waals surface area contributed by atoms with Crippen LogP contribution in [-0.2, 0) is 4.74 Å². The summed E-state index contributed by atoms with van der Waals surface area (Å²) in [6.07, 6.45) is 0.946. The highest BCUT2D eigenvalue weighted by Crippen LogP contribution is 2.14. The van der Waals surface area contributed by atoms with Crippen LogP contribution in [-0.4, -0.2) is 36.8 Å². The van der Waals surface area contributed by atoms with Crippen molar-refractivity contribution in [1.82, 2.24) is 9.97 Å². The van der Waals surface area contributed by atoms with Gasteiger partial charge in [0.25, 0.3) is 0 Å². The number of anilines is 1. The highest BCUT2D eigenvalue weighted by atomic mass is 16.5. The van der Waals surface area contributed by atoms with E-state index in [1.54, 1.807) is 7.11 Å². The molecule has 0 amide bonds. The predicted octanol–water partition coefficient (Wildman–Crippen LogP) is 2.27. The average Bonchev–Trinajstić information content (AvgIpc) is 2.32. The number of hydrogen-bond acceptors (Lipinski definition) is 5. The van der Waals surface area contributed by atoms with Crippen molar-refractivity contribution in [3.05, 3.63) is 11.9 Å². The van der Waals surface area contributed by atoms with E-state index < -0.39 is 0 Å². The topological polar surface area (TPSA) is 56.3 Å². The molecular formula is C13H23N3O2. The highest BCUT2D eigenvalue weighted by molar-refractivity contribution is 5.38. The van der Waals surface area contributed by atoms with E-state index in [-0.39, 0.29) is 0 Å². The van der Waals surface area contributed by atoms with Crippen LogP contribution < -0.4 is 10.1 Å². The van der Waals surface area contributed by atoms with E-state index in [1.165, 1.54) is 0 Å². The first kappa shape index (κ1) is 14.7. The molecule has 1 aromatic heterocycles. The summed E-state index contributed by atoms with van der Waals surface area (Å²) in [7, 11) is 1.70. The van der Waals surface area contributed by atoms with Gasteiger partial charge in [0, 0.05) is 26.3 Å². The van der Waals surface area contributed by atoms with Crippen molar-refractivity contribution < 1.29 is 9.47 Å². The van der Waals surface area contributed by atoms with Crippen LogP contribution in [0.1, 0.15) is 26.1 Å². The van der Waals surface area contributed by atoms with Gasteiger partial charge in [-0.25, -0.2) is 4.98 Å². The van der Waals surface area contributed by atoms with Crippen molar-refractivity contribution in [2.45, 2.75) is 27.2 Å². The zero-order valence-corrected chi connectivity index (χ0v) is 11.7. The van der Waals surface area contributed by atoms with Gasteiger partial charge in [0.05, 0.1) is 6.61 Å². The number of nitrogens with zero attached hydrogens (tertiary/aromatic N) is 2. The van der Waals surface area contributed by atoms with Crippen molar-refractivity contribution in [3.63, 3.8) is 0 Å². The lowest BCUT2D eigenvalue weighted by Gasteiger charge is -2.10. The summed E-state index contributed by atoms with van der Waals surface area (Å²) in [6, 6.07) is 1.84. The molecule has 0 aliphatic heterocycles. The molecule has 0 aromatic carbocycles. The summed E-state index contributed by atoms with van der Waals surface area (Å²) < 4.78 is 10.6. The number of aryl methyl sites for hydroxylation is 1. The second-order valence-corrected chi connectivity index (χ2v) is 4.62. The van der Waals surface area contributed by atoms with Crippen molar-refractivity contribution >= 4 is 5.82 Å². The maximum Gasteiger partial charge on any atom is 0.218 e. The van der Waals surface area contributed by atoms with Gasteiger partial charge in [-0.15, -0.1) is 0 Å². The second kappa shape index (κ2) is 7.87. The Labute approximate surface area is 109 Å². The van der Waals surface area contributed by atoms with Gasteiger partial charge in [0.1, 0.15) is 11.6 Å². The molecule has 102 valence electrons. The maximum atomic E-state index is 5.60. The Hall–Kier alpha value is -1.36. The predicted molar refractivity (Wildman–Crippen MR) is 72.1 cm³/mol. The lowest BCUT2D eigenvalue weighted by Crippen LogP contribution is -2.10. The second-order valence-electron chi connectivity index (χ2n) is 4.62. The Bertz CT molecular complexity index is 356. The van der Waals surface area contributed by atoms with Gasteiger partial charge in [0.15, 0.2) is 0 Å². The number of hydrogen-bond donors (Lipinski definition) is 1. The van der Waals surface area contributed by atoms with Crippen LogP contribution in [0.5, 0.6) is 5.88 Å². The third-order valence-electron chi connectivity index (χ3n) is 2.21. The fourth-order valence-corrected chi connectivity index (χ4v) is 1.39. The van der Waals surface area contributed by atoms with Crippen LogP contribution >= 0.6 is 0 Å². The summed E-state index contributed by atoms with van der Waals surface area (Å²) in [5, 5.41) is 3.24. The quantitative estimate of drug-likeness (QED) is 0.720. The molecule has 18 heavy (non-hydrogen) atoms. The van der Waals surface area contributed by atoms with Gasteiger partial charge >= 0.3 is 0 Å². The Balaban J connectivity index is 2.51. The Morgan fingerprint density at radius 1 is 1.33 bits per heavy atom. The molecule has 0 atom stereocenters. The van der Waals surface area contributed by atoms with E-state index in [0.29, 0.717) is 24.2 Å². The number of rotatable bonds is 8. The van der Waals surface area contributed by atoms with Gasteiger partial charge in [0.2, 0.25) is 5.88 Å². The molecule has 5 heteroatoms. The molecule has 1 aromatic rings. The minimum Gasteiger partial charge on any atom is -0.477 e. The molecule has 1 heterocycles. The summed E-state index contributed by atoms with van der Waals surface area (Å²) in [5.74, 6) is 2.63. The van der Waals surface area contributed by atoms with Crippen molar-refractivity contribution in [1.29, 1.82) is 0 Å². The molecule has 1 rings (SSSR count). The summed E-state index contributed by atoms with van der Waals surface area (Å²) >= 11 is 0. The fraction of sp³-hybridized carbons (Fsp3) is 0.692. The first-order valence-corrected chi connectivity index (χ1v) is 6.33. The molecule has 0 bridgehead atoms. The molecule has 0 spiro atoms. The maximum absolute atomic E-state index is 5.60. The van der Waals surface area contributed by atoms with Crippen LogP contribution in [0, 0.1) is 12.8 Å². The van der Waals surface area contributed by atoms with Gasteiger partial charge in [-0.2, -0.15) is 4.98 Å². The van der Waals surface area contributed by atoms with Gasteiger partial charge in [-0.3, -0.25) is 0 Å². The number of nitrogens with one attached hydrogen (secondary N) is 1. The Kier molecular flexibility index (Phi) is 6.43.